The smallest absolute Gasteiger partial charge is 0.406 e. The summed E-state index contributed by atoms with van der Waals surface area (Å²) in [4.78, 5) is 32.2. The number of rotatable bonds is 8. The van der Waals surface area contributed by atoms with E-state index in [9.17, 15) is 35.9 Å². The summed E-state index contributed by atoms with van der Waals surface area (Å²) in [6.07, 6.45) is -7.28. The van der Waals surface area contributed by atoms with Crippen molar-refractivity contribution in [1.29, 1.82) is 0 Å². The summed E-state index contributed by atoms with van der Waals surface area (Å²) >= 11 is 0. The van der Waals surface area contributed by atoms with E-state index in [1.807, 2.05) is 0 Å². The molecule has 4 N–H and O–H groups in total. The molecule has 0 unspecified atom stereocenters. The van der Waals surface area contributed by atoms with E-state index >= 15 is 0 Å². The Morgan fingerprint density at radius 1 is 0.946 bits per heavy atom. The van der Waals surface area contributed by atoms with Crippen LogP contribution in [0.3, 0.4) is 0 Å². The molecule has 0 aliphatic rings. The minimum absolute atomic E-state index is 0.0225. The molecular formula is C21H19F6N7O3. The molecule has 0 bridgehead atoms. The second kappa shape index (κ2) is 11.0. The highest BCUT2D eigenvalue weighted by atomic mass is 19.4. The molecule has 0 saturated carbocycles. The van der Waals surface area contributed by atoms with Crippen molar-refractivity contribution in [1.82, 2.24) is 19.9 Å². The Bertz CT molecular complexity index is 1230. The molecule has 3 amide bonds. The van der Waals surface area contributed by atoms with E-state index in [0.29, 0.717) is 6.20 Å². The highest BCUT2D eigenvalue weighted by Gasteiger charge is 2.31. The summed E-state index contributed by atoms with van der Waals surface area (Å²) < 4.78 is 79.4. The molecule has 198 valence electrons. The lowest BCUT2D eigenvalue weighted by molar-refractivity contribution is -0.274. The average molecular weight is 531 g/mol. The summed E-state index contributed by atoms with van der Waals surface area (Å²) in [6, 6.07) is 5.73. The number of nitrogens with one attached hydrogen (secondary N) is 4. The number of anilines is 3. The molecule has 0 aliphatic carbocycles. The van der Waals surface area contributed by atoms with Gasteiger partial charge in [-0.25, -0.2) is 14.8 Å². The fourth-order valence-electron chi connectivity index (χ4n) is 2.87. The Morgan fingerprint density at radius 2 is 1.65 bits per heavy atom. The maximum Gasteiger partial charge on any atom is 0.573 e. The number of pyridine rings is 1. The minimum Gasteiger partial charge on any atom is -0.406 e. The van der Waals surface area contributed by atoms with Crippen LogP contribution in [0.2, 0.25) is 0 Å². The molecule has 16 heteroatoms. The first kappa shape index (κ1) is 27.1. The van der Waals surface area contributed by atoms with Crippen LogP contribution in [0.15, 0.2) is 48.8 Å². The summed E-state index contributed by atoms with van der Waals surface area (Å²) in [6.45, 7) is 0.251. The first-order valence-electron chi connectivity index (χ1n) is 10.3. The number of imidazole rings is 1. The van der Waals surface area contributed by atoms with Crippen LogP contribution >= 0.6 is 0 Å². The van der Waals surface area contributed by atoms with Crippen LogP contribution in [0.5, 0.6) is 5.75 Å². The van der Waals surface area contributed by atoms with Crippen molar-refractivity contribution in [3.8, 4) is 5.75 Å². The molecule has 1 aromatic carbocycles. The van der Waals surface area contributed by atoms with Crippen LogP contribution in [0.4, 0.5) is 48.5 Å². The maximum atomic E-state index is 12.6. The number of carbonyl (C=O) groups is 2. The number of aromatic nitrogens is 3. The number of hydrogen-bond acceptors (Lipinski definition) is 6. The van der Waals surface area contributed by atoms with Crippen molar-refractivity contribution < 1.29 is 40.7 Å². The van der Waals surface area contributed by atoms with E-state index in [0.717, 1.165) is 24.3 Å². The number of nitrogens with zero attached hydrogens (tertiary/aromatic N) is 3. The molecule has 37 heavy (non-hydrogen) atoms. The molecule has 3 aromatic rings. The number of halogens is 6. The number of benzene rings is 1. The number of hydrogen-bond donors (Lipinski definition) is 4. The SMILES string of the molecule is Cn1cc(NC(=O)Nc2ccc(OC(F)(F)F)cc2)nc1C(=O)NCCNc1ccc(C(F)(F)F)cn1. The maximum absolute atomic E-state index is 12.6. The molecule has 0 fully saturated rings. The third kappa shape index (κ3) is 8.29. The van der Waals surface area contributed by atoms with Gasteiger partial charge in [0.25, 0.3) is 5.91 Å². The lowest BCUT2D eigenvalue weighted by Crippen LogP contribution is -2.30. The Labute approximate surface area is 205 Å². The highest BCUT2D eigenvalue weighted by Crippen LogP contribution is 2.28. The normalized spacial score (nSPS) is 11.5. The van der Waals surface area contributed by atoms with Gasteiger partial charge in [-0.3, -0.25) is 10.1 Å². The van der Waals surface area contributed by atoms with E-state index in [1.165, 1.54) is 29.9 Å². The quantitative estimate of drug-likeness (QED) is 0.255. The van der Waals surface area contributed by atoms with Crippen molar-refractivity contribution in [2.75, 3.05) is 29.0 Å². The molecule has 3 rings (SSSR count). The Hall–Kier alpha value is -4.50. The fraction of sp³-hybridized carbons (Fsp3) is 0.238. The zero-order valence-electron chi connectivity index (χ0n) is 18.9. The van der Waals surface area contributed by atoms with E-state index in [2.05, 4.69) is 36.0 Å². The predicted octanol–water partition coefficient (Wildman–Crippen LogP) is 4.22. The van der Waals surface area contributed by atoms with Crippen LogP contribution in [0.1, 0.15) is 16.2 Å². The first-order valence-corrected chi connectivity index (χ1v) is 10.3. The van der Waals surface area contributed by atoms with Gasteiger partial charge in [0.15, 0.2) is 5.82 Å². The predicted molar refractivity (Wildman–Crippen MR) is 119 cm³/mol. The lowest BCUT2D eigenvalue weighted by Gasteiger charge is -2.10. The van der Waals surface area contributed by atoms with Gasteiger partial charge < -0.3 is 25.3 Å². The van der Waals surface area contributed by atoms with Crippen LogP contribution in [-0.2, 0) is 13.2 Å². The second-order valence-electron chi connectivity index (χ2n) is 7.32. The number of ether oxygens (including phenoxy) is 1. The van der Waals surface area contributed by atoms with Crippen LogP contribution in [-0.4, -0.2) is 45.9 Å². The largest absolute Gasteiger partial charge is 0.573 e. The number of aryl methyl sites for hydroxylation is 1. The summed E-state index contributed by atoms with van der Waals surface area (Å²) in [5, 5.41) is 10.1. The van der Waals surface area contributed by atoms with Crippen LogP contribution < -0.4 is 26.0 Å². The Morgan fingerprint density at radius 3 is 2.24 bits per heavy atom. The summed E-state index contributed by atoms with van der Waals surface area (Å²) in [5.74, 6) is -0.867. The van der Waals surface area contributed by atoms with Gasteiger partial charge >= 0.3 is 18.6 Å². The summed E-state index contributed by atoms with van der Waals surface area (Å²) in [7, 11) is 1.51. The van der Waals surface area contributed by atoms with E-state index in [-0.39, 0.29) is 36.2 Å². The van der Waals surface area contributed by atoms with Crippen LogP contribution in [0.25, 0.3) is 0 Å². The van der Waals surface area contributed by atoms with E-state index in [1.54, 1.807) is 0 Å². The van der Waals surface area contributed by atoms with Crippen molar-refractivity contribution in [2.24, 2.45) is 7.05 Å². The molecule has 0 saturated heterocycles. The van der Waals surface area contributed by atoms with Gasteiger partial charge in [0.05, 0.1) is 5.56 Å². The zero-order chi connectivity index (χ0) is 27.2. The monoisotopic (exact) mass is 531 g/mol. The van der Waals surface area contributed by atoms with Crippen LogP contribution in [0, 0.1) is 0 Å². The van der Waals surface area contributed by atoms with Crippen molar-refractivity contribution in [3.05, 3.63) is 60.2 Å². The lowest BCUT2D eigenvalue weighted by atomic mass is 10.3. The van der Waals surface area contributed by atoms with Gasteiger partial charge in [-0.15, -0.1) is 13.2 Å². The number of carbonyl (C=O) groups excluding carboxylic acids is 2. The molecule has 0 aliphatic heterocycles. The Balaban J connectivity index is 1.46. The zero-order valence-corrected chi connectivity index (χ0v) is 18.9. The van der Waals surface area contributed by atoms with Crippen molar-refractivity contribution in [3.63, 3.8) is 0 Å². The second-order valence-corrected chi connectivity index (χ2v) is 7.32. The van der Waals surface area contributed by atoms with E-state index in [4.69, 9.17) is 0 Å². The van der Waals surface area contributed by atoms with Gasteiger partial charge in [-0.1, -0.05) is 0 Å². The fourth-order valence-corrected chi connectivity index (χ4v) is 2.87. The number of urea groups is 1. The highest BCUT2D eigenvalue weighted by molar-refractivity contribution is 5.99. The van der Waals surface area contributed by atoms with Gasteiger partial charge in [0, 0.05) is 38.2 Å². The third-order valence-corrected chi connectivity index (χ3v) is 4.47. The molecule has 0 spiro atoms. The minimum atomic E-state index is -4.84. The number of alkyl halides is 6. The van der Waals surface area contributed by atoms with Gasteiger partial charge in [-0.05, 0) is 36.4 Å². The van der Waals surface area contributed by atoms with Gasteiger partial charge in [0.1, 0.15) is 11.6 Å². The third-order valence-electron chi connectivity index (χ3n) is 4.47. The van der Waals surface area contributed by atoms with Gasteiger partial charge in [0.2, 0.25) is 5.82 Å². The molecule has 2 aromatic heterocycles. The average Bonchev–Trinajstić information content (AvgIpc) is 3.16. The van der Waals surface area contributed by atoms with Gasteiger partial charge in [-0.2, -0.15) is 13.2 Å². The van der Waals surface area contributed by atoms with Crippen molar-refractivity contribution in [2.45, 2.75) is 12.5 Å². The molecule has 0 radical (unpaired) electrons. The molecular weight excluding hydrogens is 512 g/mol. The van der Waals surface area contributed by atoms with Crippen molar-refractivity contribution >= 4 is 29.3 Å². The van der Waals surface area contributed by atoms with E-state index < -0.39 is 35.8 Å². The Kier molecular flexibility index (Phi) is 8.09. The molecule has 2 heterocycles. The number of amides is 3. The standard InChI is InChI=1S/C21H19F6N7O3/c1-34-11-16(33-19(36)31-13-3-5-14(6-4-13)37-21(25,26)27)32-17(34)18(35)29-9-8-28-15-7-2-12(10-30-15)20(22,23)24/h2-7,10-11H,8-9H2,1H3,(H,28,30)(H,29,35)(H2,31,33,36). The first-order chi connectivity index (χ1) is 17.3. The molecule has 10 nitrogen and oxygen atoms in total. The summed E-state index contributed by atoms with van der Waals surface area (Å²) in [5.41, 5.74) is -0.705. The molecule has 0 atom stereocenters. The topological polar surface area (TPSA) is 122 Å².